The van der Waals surface area contributed by atoms with E-state index in [1.165, 1.54) is 19.2 Å². The monoisotopic (exact) mass is 470 g/mol. The van der Waals surface area contributed by atoms with Gasteiger partial charge in [0.25, 0.3) is 11.8 Å². The van der Waals surface area contributed by atoms with Crippen LogP contribution in [0.25, 0.3) is 0 Å². The van der Waals surface area contributed by atoms with Crippen LogP contribution in [-0.2, 0) is 10.7 Å². The molecule has 0 saturated heterocycles. The van der Waals surface area contributed by atoms with E-state index in [-0.39, 0.29) is 22.9 Å². The van der Waals surface area contributed by atoms with Crippen LogP contribution in [0.5, 0.6) is 17.2 Å². The van der Waals surface area contributed by atoms with E-state index in [4.69, 9.17) is 25.8 Å². The highest BCUT2D eigenvalue weighted by Gasteiger charge is 2.25. The Morgan fingerprint density at radius 3 is 2.34 bits per heavy atom. The Balaban J connectivity index is 1.92. The lowest BCUT2D eigenvalue weighted by Crippen LogP contribution is -2.27. The van der Waals surface area contributed by atoms with E-state index >= 15 is 0 Å². The fraction of sp³-hybridized carbons (Fsp3) is 0.435. The summed E-state index contributed by atoms with van der Waals surface area (Å²) < 4.78 is 43.3. The number of ether oxygens (including phenoxy) is 3. The standard InChI is InChI=1S/C23H29ClF2N2O4/c1-5-28(6-2)11-12-31-20-10-8-17(14-21(20)30-4)27-22(29)15-32-19-9-7-16(13-18(19)24)23(3,25)26/h7-10,13-14H,5-6,11-12,15H2,1-4H3,(H,27,29). The second kappa shape index (κ2) is 11.9. The number of methoxy groups -OCH3 is 1. The number of carbonyl (C=O) groups excluding carboxylic acids is 1. The van der Waals surface area contributed by atoms with Crippen LogP contribution in [0.3, 0.4) is 0 Å². The number of anilines is 1. The number of benzene rings is 2. The molecule has 2 aromatic rings. The zero-order chi connectivity index (χ0) is 23.7. The molecule has 0 heterocycles. The van der Waals surface area contributed by atoms with Crippen molar-refractivity contribution in [1.82, 2.24) is 4.90 Å². The van der Waals surface area contributed by atoms with Gasteiger partial charge in [0.1, 0.15) is 12.4 Å². The summed E-state index contributed by atoms with van der Waals surface area (Å²) in [7, 11) is 1.52. The van der Waals surface area contributed by atoms with Crippen molar-refractivity contribution in [2.24, 2.45) is 0 Å². The Morgan fingerprint density at radius 1 is 1.06 bits per heavy atom. The first-order valence-corrected chi connectivity index (χ1v) is 10.7. The second-order valence-corrected chi connectivity index (χ2v) is 7.52. The summed E-state index contributed by atoms with van der Waals surface area (Å²) in [6.45, 7) is 7.84. The van der Waals surface area contributed by atoms with E-state index in [1.54, 1.807) is 18.2 Å². The molecule has 0 atom stereocenters. The lowest BCUT2D eigenvalue weighted by atomic mass is 10.1. The molecule has 176 valence electrons. The first kappa shape index (κ1) is 25.7. The second-order valence-electron chi connectivity index (χ2n) is 7.11. The Morgan fingerprint density at radius 2 is 1.75 bits per heavy atom. The normalized spacial score (nSPS) is 11.4. The minimum Gasteiger partial charge on any atom is -0.493 e. The summed E-state index contributed by atoms with van der Waals surface area (Å²) in [5.41, 5.74) is 0.268. The zero-order valence-corrected chi connectivity index (χ0v) is 19.5. The quantitative estimate of drug-likeness (QED) is 0.462. The van der Waals surface area contributed by atoms with E-state index < -0.39 is 11.8 Å². The number of rotatable bonds is 12. The van der Waals surface area contributed by atoms with Gasteiger partial charge in [-0.2, -0.15) is 0 Å². The molecule has 2 aromatic carbocycles. The number of amides is 1. The Bertz CT molecular complexity index is 902. The summed E-state index contributed by atoms with van der Waals surface area (Å²) in [4.78, 5) is 14.5. The van der Waals surface area contributed by atoms with Gasteiger partial charge in [-0.15, -0.1) is 0 Å². The third-order valence-electron chi connectivity index (χ3n) is 4.80. The molecular formula is C23H29ClF2N2O4. The summed E-state index contributed by atoms with van der Waals surface area (Å²) >= 11 is 5.99. The summed E-state index contributed by atoms with van der Waals surface area (Å²) in [5, 5.41) is 2.70. The molecule has 32 heavy (non-hydrogen) atoms. The first-order valence-electron chi connectivity index (χ1n) is 10.3. The average Bonchev–Trinajstić information content (AvgIpc) is 2.75. The molecule has 0 spiro atoms. The van der Waals surface area contributed by atoms with Crippen LogP contribution in [0.1, 0.15) is 26.3 Å². The van der Waals surface area contributed by atoms with E-state index in [2.05, 4.69) is 24.1 Å². The number of carbonyl (C=O) groups is 1. The SMILES string of the molecule is CCN(CC)CCOc1ccc(NC(=O)COc2ccc(C(C)(F)F)cc2Cl)cc1OC. The topological polar surface area (TPSA) is 60.0 Å². The molecule has 0 fully saturated rings. The number of halogens is 3. The molecule has 1 N–H and O–H groups in total. The molecule has 1 amide bonds. The summed E-state index contributed by atoms with van der Waals surface area (Å²) in [6, 6.07) is 8.71. The molecule has 6 nitrogen and oxygen atoms in total. The van der Waals surface area contributed by atoms with Gasteiger partial charge in [-0.3, -0.25) is 4.79 Å². The van der Waals surface area contributed by atoms with Crippen LogP contribution in [0.15, 0.2) is 36.4 Å². The average molecular weight is 471 g/mol. The maximum Gasteiger partial charge on any atom is 0.270 e. The number of hydrogen-bond acceptors (Lipinski definition) is 5. The molecule has 0 aliphatic carbocycles. The Hall–Kier alpha value is -2.58. The van der Waals surface area contributed by atoms with Crippen molar-refractivity contribution >= 4 is 23.2 Å². The maximum absolute atomic E-state index is 13.4. The van der Waals surface area contributed by atoms with E-state index in [9.17, 15) is 13.6 Å². The molecular weight excluding hydrogens is 442 g/mol. The van der Waals surface area contributed by atoms with Gasteiger partial charge in [0.05, 0.1) is 12.1 Å². The van der Waals surface area contributed by atoms with Crippen LogP contribution in [0.2, 0.25) is 5.02 Å². The predicted octanol–water partition coefficient (Wildman–Crippen LogP) is 5.20. The van der Waals surface area contributed by atoms with Crippen LogP contribution >= 0.6 is 11.6 Å². The fourth-order valence-corrected chi connectivity index (χ4v) is 3.16. The van der Waals surface area contributed by atoms with Crippen molar-refractivity contribution in [1.29, 1.82) is 0 Å². The summed E-state index contributed by atoms with van der Waals surface area (Å²) in [6.07, 6.45) is 0. The number of nitrogens with zero attached hydrogens (tertiary/aromatic N) is 1. The van der Waals surface area contributed by atoms with Crippen LogP contribution < -0.4 is 19.5 Å². The van der Waals surface area contributed by atoms with Crippen LogP contribution in [0.4, 0.5) is 14.5 Å². The molecule has 0 unspecified atom stereocenters. The van der Waals surface area contributed by atoms with Crippen molar-refractivity contribution < 1.29 is 27.8 Å². The zero-order valence-electron chi connectivity index (χ0n) is 18.7. The van der Waals surface area contributed by atoms with Gasteiger partial charge < -0.3 is 24.4 Å². The minimum atomic E-state index is -3.01. The van der Waals surface area contributed by atoms with Crippen molar-refractivity contribution in [3.63, 3.8) is 0 Å². The lowest BCUT2D eigenvalue weighted by molar-refractivity contribution is -0.118. The van der Waals surface area contributed by atoms with Crippen LogP contribution in [0, 0.1) is 0 Å². The van der Waals surface area contributed by atoms with Gasteiger partial charge in [-0.05, 0) is 43.4 Å². The predicted molar refractivity (Wildman–Crippen MR) is 121 cm³/mol. The highest BCUT2D eigenvalue weighted by atomic mass is 35.5. The fourth-order valence-electron chi connectivity index (χ4n) is 2.92. The number of likely N-dealkylation sites (N-methyl/N-ethyl adjacent to an activating group) is 1. The highest BCUT2D eigenvalue weighted by molar-refractivity contribution is 6.32. The molecule has 2 rings (SSSR count). The van der Waals surface area contributed by atoms with Crippen molar-refractivity contribution in [2.75, 3.05) is 45.3 Å². The Labute approximate surface area is 192 Å². The molecule has 0 aliphatic rings. The van der Waals surface area contributed by atoms with Crippen molar-refractivity contribution in [3.05, 3.63) is 47.0 Å². The highest BCUT2D eigenvalue weighted by Crippen LogP contribution is 2.33. The molecule has 0 radical (unpaired) electrons. The first-order chi connectivity index (χ1) is 15.2. The van der Waals surface area contributed by atoms with Crippen molar-refractivity contribution in [2.45, 2.75) is 26.7 Å². The van der Waals surface area contributed by atoms with E-state index in [0.717, 1.165) is 32.6 Å². The number of hydrogen-bond donors (Lipinski definition) is 1. The van der Waals surface area contributed by atoms with Gasteiger partial charge in [0.2, 0.25) is 0 Å². The molecule has 0 saturated carbocycles. The lowest BCUT2D eigenvalue weighted by Gasteiger charge is -2.19. The smallest absolute Gasteiger partial charge is 0.270 e. The van der Waals surface area contributed by atoms with Crippen molar-refractivity contribution in [3.8, 4) is 17.2 Å². The van der Waals surface area contributed by atoms with E-state index in [1.807, 2.05) is 0 Å². The van der Waals surface area contributed by atoms with Gasteiger partial charge in [0.15, 0.2) is 18.1 Å². The minimum absolute atomic E-state index is 0.00436. The van der Waals surface area contributed by atoms with E-state index in [0.29, 0.717) is 23.8 Å². The summed E-state index contributed by atoms with van der Waals surface area (Å²) in [5.74, 6) is -2.25. The van der Waals surface area contributed by atoms with Gasteiger partial charge in [0, 0.05) is 30.8 Å². The Kier molecular flexibility index (Phi) is 9.53. The largest absolute Gasteiger partial charge is 0.493 e. The van der Waals surface area contributed by atoms with Gasteiger partial charge >= 0.3 is 0 Å². The molecule has 0 bridgehead atoms. The third-order valence-corrected chi connectivity index (χ3v) is 5.10. The molecule has 9 heteroatoms. The van der Waals surface area contributed by atoms with Gasteiger partial charge in [-0.1, -0.05) is 25.4 Å². The third kappa shape index (κ3) is 7.53. The van der Waals surface area contributed by atoms with Gasteiger partial charge in [-0.25, -0.2) is 8.78 Å². The number of nitrogens with one attached hydrogen (secondary N) is 1. The molecule has 0 aliphatic heterocycles. The van der Waals surface area contributed by atoms with Crippen LogP contribution in [-0.4, -0.2) is 50.8 Å². The molecule has 0 aromatic heterocycles. The number of alkyl halides is 2. The maximum atomic E-state index is 13.4.